The summed E-state index contributed by atoms with van der Waals surface area (Å²) in [6.07, 6.45) is 4.53. The van der Waals surface area contributed by atoms with Crippen LogP contribution in [-0.2, 0) is 14.3 Å². The van der Waals surface area contributed by atoms with E-state index in [1.54, 1.807) is 25.3 Å². The van der Waals surface area contributed by atoms with Gasteiger partial charge in [0.05, 0.1) is 12.3 Å². The summed E-state index contributed by atoms with van der Waals surface area (Å²) >= 11 is 0. The van der Waals surface area contributed by atoms with E-state index in [2.05, 4.69) is 4.99 Å². The fourth-order valence-corrected chi connectivity index (χ4v) is 1.59. The Morgan fingerprint density at radius 3 is 2.89 bits per heavy atom. The first-order valence-corrected chi connectivity index (χ1v) is 5.53. The Hall–Kier alpha value is -2.43. The number of nitrogens with zero attached hydrogens (tertiary/aromatic N) is 2. The van der Waals surface area contributed by atoms with Crippen LogP contribution >= 0.6 is 0 Å². The topological polar surface area (TPSA) is 59.0 Å². The fraction of sp³-hybridized carbons (Fsp3) is 0.154. The number of aliphatic imine (C=N–C) groups is 1. The number of para-hydroxylation sites is 1. The molecule has 1 amide bonds. The molecule has 0 aliphatic carbocycles. The second-order valence-electron chi connectivity index (χ2n) is 3.53. The monoisotopic (exact) mass is 244 g/mol. The summed E-state index contributed by atoms with van der Waals surface area (Å²) in [5, 5.41) is 0. The molecule has 5 nitrogen and oxygen atoms in total. The van der Waals surface area contributed by atoms with Crippen molar-refractivity contribution in [2.75, 3.05) is 11.5 Å². The summed E-state index contributed by atoms with van der Waals surface area (Å²) < 4.78 is 4.71. The number of amides is 1. The molecule has 1 heterocycles. The van der Waals surface area contributed by atoms with Crippen LogP contribution in [-0.4, -0.2) is 24.7 Å². The van der Waals surface area contributed by atoms with E-state index >= 15 is 0 Å². The lowest BCUT2D eigenvalue weighted by molar-refractivity contribution is -0.153. The third kappa shape index (κ3) is 2.29. The molecule has 18 heavy (non-hydrogen) atoms. The van der Waals surface area contributed by atoms with Crippen LogP contribution in [0.3, 0.4) is 0 Å². The van der Waals surface area contributed by atoms with Gasteiger partial charge >= 0.3 is 11.9 Å². The lowest BCUT2D eigenvalue weighted by Gasteiger charge is -2.17. The van der Waals surface area contributed by atoms with Crippen LogP contribution in [0.1, 0.15) is 12.5 Å². The van der Waals surface area contributed by atoms with Crippen molar-refractivity contribution in [2.24, 2.45) is 4.99 Å². The molecular formula is C13H12N2O3. The summed E-state index contributed by atoms with van der Waals surface area (Å²) in [6, 6.07) is 7.19. The third-order valence-corrected chi connectivity index (χ3v) is 2.38. The first kappa shape index (κ1) is 12.0. The summed E-state index contributed by atoms with van der Waals surface area (Å²) in [5.74, 6) is -1.61. The van der Waals surface area contributed by atoms with Gasteiger partial charge in [-0.2, -0.15) is 0 Å². The molecule has 0 spiro atoms. The average molecular weight is 244 g/mol. The smallest absolute Gasteiger partial charge is 0.397 e. The molecule has 0 radical (unpaired) electrons. The highest BCUT2D eigenvalue weighted by molar-refractivity contribution is 6.39. The average Bonchev–Trinajstić information content (AvgIpc) is 2.60. The number of hydrogen-bond acceptors (Lipinski definition) is 4. The lowest BCUT2D eigenvalue weighted by Crippen LogP contribution is -2.34. The minimum Gasteiger partial charge on any atom is -0.459 e. The number of carbonyl (C=O) groups excluding carboxylic acids is 2. The maximum absolute atomic E-state index is 11.9. The van der Waals surface area contributed by atoms with Gasteiger partial charge in [-0.3, -0.25) is 14.7 Å². The van der Waals surface area contributed by atoms with E-state index in [1.807, 2.05) is 12.1 Å². The quantitative estimate of drug-likeness (QED) is 0.555. The van der Waals surface area contributed by atoms with Crippen LogP contribution in [0.25, 0.3) is 0 Å². The number of ether oxygens (including phenoxy) is 1. The highest BCUT2D eigenvalue weighted by atomic mass is 16.5. The fourth-order valence-electron chi connectivity index (χ4n) is 1.59. The predicted molar refractivity (Wildman–Crippen MR) is 67.3 cm³/mol. The standard InChI is InChI=1S/C13H12N2O3/c1-2-18-13(17)12(16)15-8-7-14-9-10-5-3-4-6-11(10)15/h3-9H,2H2,1H3. The van der Waals surface area contributed by atoms with Crippen LogP contribution in [0.4, 0.5) is 5.69 Å². The van der Waals surface area contributed by atoms with Crippen molar-refractivity contribution in [3.63, 3.8) is 0 Å². The zero-order valence-corrected chi connectivity index (χ0v) is 9.87. The van der Waals surface area contributed by atoms with Gasteiger partial charge in [-0.15, -0.1) is 0 Å². The summed E-state index contributed by atoms with van der Waals surface area (Å²) in [5.41, 5.74) is 1.37. The van der Waals surface area contributed by atoms with E-state index in [4.69, 9.17) is 4.74 Å². The minimum atomic E-state index is -0.876. The highest BCUT2D eigenvalue weighted by Gasteiger charge is 2.24. The van der Waals surface area contributed by atoms with Crippen molar-refractivity contribution >= 4 is 23.8 Å². The number of benzene rings is 1. The Balaban J connectivity index is 2.35. The number of rotatable bonds is 1. The first-order chi connectivity index (χ1) is 8.74. The van der Waals surface area contributed by atoms with Crippen LogP contribution in [0.2, 0.25) is 0 Å². The van der Waals surface area contributed by atoms with Gasteiger partial charge in [0.15, 0.2) is 0 Å². The van der Waals surface area contributed by atoms with E-state index in [0.29, 0.717) is 5.69 Å². The Bertz CT molecular complexity index is 535. The molecular weight excluding hydrogens is 232 g/mol. The van der Waals surface area contributed by atoms with Gasteiger partial charge in [0.2, 0.25) is 0 Å². The van der Waals surface area contributed by atoms with Crippen molar-refractivity contribution < 1.29 is 14.3 Å². The first-order valence-electron chi connectivity index (χ1n) is 5.53. The van der Waals surface area contributed by atoms with Crippen LogP contribution in [0, 0.1) is 0 Å². The molecule has 92 valence electrons. The Morgan fingerprint density at radius 2 is 2.11 bits per heavy atom. The molecule has 0 atom stereocenters. The molecule has 1 aromatic rings. The van der Waals surface area contributed by atoms with E-state index in [1.165, 1.54) is 17.3 Å². The van der Waals surface area contributed by atoms with Crippen LogP contribution in [0.5, 0.6) is 0 Å². The molecule has 0 saturated heterocycles. The third-order valence-electron chi connectivity index (χ3n) is 2.38. The number of anilines is 1. The number of esters is 1. The van der Waals surface area contributed by atoms with Gasteiger partial charge in [-0.05, 0) is 13.0 Å². The number of fused-ring (bicyclic) bond motifs is 1. The zero-order valence-electron chi connectivity index (χ0n) is 9.87. The Labute approximate surface area is 104 Å². The predicted octanol–water partition coefficient (Wildman–Crippen LogP) is 1.49. The van der Waals surface area contributed by atoms with E-state index in [9.17, 15) is 9.59 Å². The van der Waals surface area contributed by atoms with Gasteiger partial charge in [0.1, 0.15) is 0 Å². The summed E-state index contributed by atoms with van der Waals surface area (Å²) in [4.78, 5) is 28.7. The SMILES string of the molecule is CCOC(=O)C(=O)N1C=CN=Cc2ccccc21. The van der Waals surface area contributed by atoms with Crippen molar-refractivity contribution in [2.45, 2.75) is 6.92 Å². The Kier molecular flexibility index (Phi) is 3.52. The molecule has 1 aromatic carbocycles. The molecule has 1 aliphatic rings. The van der Waals surface area contributed by atoms with E-state index in [-0.39, 0.29) is 6.61 Å². The maximum Gasteiger partial charge on any atom is 0.397 e. The van der Waals surface area contributed by atoms with Crippen molar-refractivity contribution in [3.05, 3.63) is 42.2 Å². The normalized spacial score (nSPS) is 12.8. The molecule has 0 bridgehead atoms. The Morgan fingerprint density at radius 1 is 1.33 bits per heavy atom. The zero-order chi connectivity index (χ0) is 13.0. The van der Waals surface area contributed by atoms with Gasteiger partial charge in [0, 0.05) is 24.2 Å². The van der Waals surface area contributed by atoms with E-state index in [0.717, 1.165) is 5.56 Å². The van der Waals surface area contributed by atoms with Crippen LogP contribution < -0.4 is 4.90 Å². The van der Waals surface area contributed by atoms with Crippen molar-refractivity contribution in [1.82, 2.24) is 0 Å². The van der Waals surface area contributed by atoms with Gasteiger partial charge < -0.3 is 4.74 Å². The van der Waals surface area contributed by atoms with Gasteiger partial charge in [-0.25, -0.2) is 4.79 Å². The van der Waals surface area contributed by atoms with Crippen molar-refractivity contribution in [3.8, 4) is 0 Å². The molecule has 5 heteroatoms. The molecule has 2 rings (SSSR count). The maximum atomic E-state index is 11.9. The minimum absolute atomic E-state index is 0.167. The van der Waals surface area contributed by atoms with Crippen molar-refractivity contribution in [1.29, 1.82) is 0 Å². The summed E-state index contributed by atoms with van der Waals surface area (Å²) in [7, 11) is 0. The molecule has 0 N–H and O–H groups in total. The molecule has 1 aliphatic heterocycles. The second kappa shape index (κ2) is 5.27. The van der Waals surface area contributed by atoms with Crippen LogP contribution in [0.15, 0.2) is 41.7 Å². The largest absolute Gasteiger partial charge is 0.459 e. The highest BCUT2D eigenvalue weighted by Crippen LogP contribution is 2.21. The number of carbonyl (C=O) groups is 2. The molecule has 0 aromatic heterocycles. The second-order valence-corrected chi connectivity index (χ2v) is 3.53. The molecule has 0 saturated carbocycles. The molecule has 0 fully saturated rings. The van der Waals surface area contributed by atoms with E-state index < -0.39 is 11.9 Å². The lowest BCUT2D eigenvalue weighted by atomic mass is 10.2. The molecule has 0 unspecified atom stereocenters. The summed E-state index contributed by atoms with van der Waals surface area (Å²) in [6.45, 7) is 1.82. The van der Waals surface area contributed by atoms with Gasteiger partial charge in [-0.1, -0.05) is 18.2 Å². The van der Waals surface area contributed by atoms with Gasteiger partial charge in [0.25, 0.3) is 0 Å². The number of hydrogen-bond donors (Lipinski definition) is 0.